The molecule has 7 heteroatoms. The molecule has 0 N–H and O–H groups in total. The molecule has 0 aliphatic rings. The average Bonchev–Trinajstić information content (AvgIpc) is 3.94. The molecule has 0 amide bonds. The van der Waals surface area contributed by atoms with Crippen molar-refractivity contribution in [2.75, 3.05) is 0 Å². The van der Waals surface area contributed by atoms with Crippen molar-refractivity contribution in [2.45, 2.75) is 0 Å². The second kappa shape index (κ2) is 12.0. The molecule has 0 bridgehead atoms. The van der Waals surface area contributed by atoms with Crippen LogP contribution in [0, 0.1) is 0 Å². The zero-order valence-electron chi connectivity index (χ0n) is 28.0. The van der Waals surface area contributed by atoms with E-state index in [9.17, 15) is 0 Å². The highest BCUT2D eigenvalue weighted by Crippen LogP contribution is 2.45. The van der Waals surface area contributed by atoms with Gasteiger partial charge in [-0.2, -0.15) is 0 Å². The lowest BCUT2D eigenvalue weighted by Gasteiger charge is -2.11. The van der Waals surface area contributed by atoms with Gasteiger partial charge in [-0.1, -0.05) is 115 Å². The van der Waals surface area contributed by atoms with Gasteiger partial charge in [0, 0.05) is 53.2 Å². The van der Waals surface area contributed by atoms with Crippen LogP contribution >= 0.6 is 22.7 Å². The van der Waals surface area contributed by atoms with Crippen LogP contribution in [-0.4, -0.2) is 19.9 Å². The van der Waals surface area contributed by atoms with E-state index < -0.39 is 0 Å². The molecule has 11 aromatic rings. The summed E-state index contributed by atoms with van der Waals surface area (Å²) in [5, 5.41) is 5.37. The molecule has 11 rings (SSSR count). The maximum absolute atomic E-state index is 6.27. The van der Waals surface area contributed by atoms with Crippen molar-refractivity contribution >= 4 is 75.0 Å². The molecule has 0 spiro atoms. The van der Waals surface area contributed by atoms with Crippen molar-refractivity contribution in [2.24, 2.45) is 0 Å². The van der Waals surface area contributed by atoms with Crippen molar-refractivity contribution in [3.05, 3.63) is 158 Å². The number of thiazole rings is 1. The number of fused-ring (bicyclic) bond motifs is 7. The highest BCUT2D eigenvalue weighted by molar-refractivity contribution is 7.26. The number of hydrogen-bond acceptors (Lipinski definition) is 7. The maximum Gasteiger partial charge on any atom is 0.164 e. The number of rotatable bonds is 5. The molecule has 53 heavy (non-hydrogen) atoms. The molecular weight excluding hydrogens is 689 g/mol. The summed E-state index contributed by atoms with van der Waals surface area (Å²) in [7, 11) is 0. The van der Waals surface area contributed by atoms with Gasteiger partial charge in [0.05, 0.1) is 10.2 Å². The molecule has 0 radical (unpaired) electrons. The van der Waals surface area contributed by atoms with E-state index in [1.807, 2.05) is 66.7 Å². The van der Waals surface area contributed by atoms with Gasteiger partial charge in [0.25, 0.3) is 0 Å². The van der Waals surface area contributed by atoms with Gasteiger partial charge in [0.2, 0.25) is 0 Å². The Balaban J connectivity index is 1.15. The Hall–Kier alpha value is -6.54. The Kier molecular flexibility index (Phi) is 6.83. The van der Waals surface area contributed by atoms with Crippen molar-refractivity contribution in [3.63, 3.8) is 0 Å². The zero-order chi connectivity index (χ0) is 34.9. The fourth-order valence-corrected chi connectivity index (χ4v) is 9.52. The van der Waals surface area contributed by atoms with Crippen molar-refractivity contribution in [1.29, 1.82) is 0 Å². The lowest BCUT2D eigenvalue weighted by atomic mass is 9.96. The van der Waals surface area contributed by atoms with E-state index in [-0.39, 0.29) is 0 Å². The molecule has 5 nitrogen and oxygen atoms in total. The molecule has 0 aliphatic heterocycles. The third kappa shape index (κ3) is 4.97. The Morgan fingerprint density at radius 2 is 0.962 bits per heavy atom. The minimum atomic E-state index is 0.603. The molecule has 4 heterocycles. The maximum atomic E-state index is 6.27. The number of hydrogen-bond donors (Lipinski definition) is 0. The summed E-state index contributed by atoms with van der Waals surface area (Å²) in [4.78, 5) is 20.6. The van der Waals surface area contributed by atoms with Gasteiger partial charge in [-0.25, -0.2) is 19.9 Å². The molecule has 0 atom stereocenters. The van der Waals surface area contributed by atoms with E-state index in [0.717, 1.165) is 71.2 Å². The van der Waals surface area contributed by atoms with Gasteiger partial charge in [0.1, 0.15) is 16.2 Å². The first kappa shape index (κ1) is 30.1. The lowest BCUT2D eigenvalue weighted by molar-refractivity contribution is 0.669. The first-order valence-corrected chi connectivity index (χ1v) is 19.0. The van der Waals surface area contributed by atoms with E-state index >= 15 is 0 Å². The summed E-state index contributed by atoms with van der Waals surface area (Å²) in [6.45, 7) is 0. The van der Waals surface area contributed by atoms with Crippen LogP contribution in [0.2, 0.25) is 0 Å². The van der Waals surface area contributed by atoms with E-state index in [0.29, 0.717) is 17.5 Å². The van der Waals surface area contributed by atoms with Crippen molar-refractivity contribution < 1.29 is 4.42 Å². The van der Waals surface area contributed by atoms with E-state index in [1.54, 1.807) is 22.7 Å². The quantitative estimate of drug-likeness (QED) is 0.178. The summed E-state index contributed by atoms with van der Waals surface area (Å²) in [6.07, 6.45) is 0. The Labute approximate surface area is 311 Å². The molecule has 4 aromatic heterocycles. The Morgan fingerprint density at radius 3 is 1.79 bits per heavy atom. The molecule has 0 fully saturated rings. The van der Waals surface area contributed by atoms with E-state index in [2.05, 4.69) is 91.0 Å². The Bertz CT molecular complexity index is 3160. The predicted octanol–water partition coefficient (Wildman–Crippen LogP) is 13.1. The normalized spacial score (nSPS) is 11.8. The first-order valence-electron chi connectivity index (χ1n) is 17.4. The van der Waals surface area contributed by atoms with E-state index in [1.165, 1.54) is 19.5 Å². The number of aromatic nitrogens is 4. The van der Waals surface area contributed by atoms with Gasteiger partial charge in [0.15, 0.2) is 17.5 Å². The molecular formula is C46H26N4OS2. The third-order valence-electron chi connectivity index (χ3n) is 9.79. The molecule has 0 unspecified atom stereocenters. The number of thiophene rings is 1. The van der Waals surface area contributed by atoms with Crippen LogP contribution in [0.25, 0.3) is 108 Å². The van der Waals surface area contributed by atoms with Gasteiger partial charge < -0.3 is 4.42 Å². The molecule has 0 aliphatic carbocycles. The summed E-state index contributed by atoms with van der Waals surface area (Å²) < 4.78 is 9.85. The van der Waals surface area contributed by atoms with Crippen LogP contribution in [0.3, 0.4) is 0 Å². The van der Waals surface area contributed by atoms with Crippen molar-refractivity contribution in [3.8, 4) is 55.9 Å². The van der Waals surface area contributed by atoms with Gasteiger partial charge in [-0.15, -0.1) is 22.7 Å². The summed E-state index contributed by atoms with van der Waals surface area (Å²) in [5.41, 5.74) is 8.87. The van der Waals surface area contributed by atoms with Crippen LogP contribution in [-0.2, 0) is 0 Å². The first-order chi connectivity index (χ1) is 26.2. The topological polar surface area (TPSA) is 64.7 Å². The largest absolute Gasteiger partial charge is 0.456 e. The van der Waals surface area contributed by atoms with E-state index in [4.69, 9.17) is 24.4 Å². The molecule has 0 saturated carbocycles. The van der Waals surface area contributed by atoms with Gasteiger partial charge in [-0.3, -0.25) is 0 Å². The monoisotopic (exact) mass is 714 g/mol. The highest BCUT2D eigenvalue weighted by atomic mass is 32.1. The second-order valence-corrected chi connectivity index (χ2v) is 15.1. The van der Waals surface area contributed by atoms with Crippen LogP contribution in [0.5, 0.6) is 0 Å². The minimum Gasteiger partial charge on any atom is -0.456 e. The SMILES string of the molecule is c1ccc(-c2nc(-c3cccc4oc5ccccc5c34)nc(-c3cccc4sc5cccc(-c6cccc(-c7nc8ccccc8s7)c6)c5c34)n2)cc1. The van der Waals surface area contributed by atoms with Gasteiger partial charge >= 0.3 is 0 Å². The number of furan rings is 1. The fourth-order valence-electron chi connectivity index (χ4n) is 7.40. The van der Waals surface area contributed by atoms with Crippen LogP contribution in [0.15, 0.2) is 162 Å². The molecule has 248 valence electrons. The van der Waals surface area contributed by atoms with Crippen LogP contribution in [0.1, 0.15) is 0 Å². The van der Waals surface area contributed by atoms with Crippen molar-refractivity contribution in [1.82, 2.24) is 19.9 Å². The predicted molar refractivity (Wildman–Crippen MR) is 220 cm³/mol. The molecule has 7 aromatic carbocycles. The average molecular weight is 715 g/mol. The van der Waals surface area contributed by atoms with Crippen LogP contribution in [0.4, 0.5) is 0 Å². The third-order valence-corrected chi connectivity index (χ3v) is 12.0. The number of benzene rings is 7. The molecule has 0 saturated heterocycles. The lowest BCUT2D eigenvalue weighted by Crippen LogP contribution is -2.00. The Morgan fingerprint density at radius 1 is 0.377 bits per heavy atom. The fraction of sp³-hybridized carbons (Fsp3) is 0. The zero-order valence-corrected chi connectivity index (χ0v) is 29.7. The summed E-state index contributed by atoms with van der Waals surface area (Å²) >= 11 is 3.52. The van der Waals surface area contributed by atoms with Gasteiger partial charge in [-0.05, 0) is 53.6 Å². The summed E-state index contributed by atoms with van der Waals surface area (Å²) in [6, 6.07) is 54.5. The number of nitrogens with zero attached hydrogens (tertiary/aromatic N) is 4. The minimum absolute atomic E-state index is 0.603. The summed E-state index contributed by atoms with van der Waals surface area (Å²) in [5.74, 6) is 1.85. The second-order valence-electron chi connectivity index (χ2n) is 13.0. The number of para-hydroxylation sites is 2. The standard InChI is InChI=1S/C46H26N4OS2/c1-2-12-27(13-3-1)43-48-44(32-18-9-22-36-40(32)31-16-4-6-21-35(31)51-36)50-45(49-43)33-19-11-25-39-42(33)41-30(17-10-24-38(41)52-39)28-14-8-15-29(26-28)46-47-34-20-5-7-23-37(34)53-46/h1-26H. The highest BCUT2D eigenvalue weighted by Gasteiger charge is 2.21. The smallest absolute Gasteiger partial charge is 0.164 e. The van der Waals surface area contributed by atoms with Crippen LogP contribution < -0.4 is 0 Å².